The van der Waals surface area contributed by atoms with Gasteiger partial charge in [-0.2, -0.15) is 0 Å². The van der Waals surface area contributed by atoms with Gasteiger partial charge in [-0.3, -0.25) is 4.21 Å². The lowest BCUT2D eigenvalue weighted by Gasteiger charge is -2.14. The molecule has 0 saturated carbocycles. The number of benzene rings is 1. The van der Waals surface area contributed by atoms with Crippen molar-refractivity contribution in [1.82, 2.24) is 0 Å². The summed E-state index contributed by atoms with van der Waals surface area (Å²) < 4.78 is 21.3. The Morgan fingerprint density at radius 3 is 2.38 bits per heavy atom. The molecule has 0 aromatic heterocycles. The molecule has 0 saturated heterocycles. The van der Waals surface area contributed by atoms with E-state index in [0.29, 0.717) is 6.54 Å². The quantitative estimate of drug-likeness (QED) is 0.739. The molecular weight excluding hydrogens is 186 g/mol. The summed E-state index contributed by atoms with van der Waals surface area (Å²) in [6.45, 7) is 2.13. The third-order valence-electron chi connectivity index (χ3n) is 1.97. The third kappa shape index (κ3) is 2.62. The maximum absolute atomic E-state index is 10.6. The molecule has 0 amide bonds. The zero-order valence-electron chi connectivity index (χ0n) is 7.40. The summed E-state index contributed by atoms with van der Waals surface area (Å²) in [5.74, 6) is 0. The molecule has 72 valence electrons. The highest BCUT2D eigenvalue weighted by molar-refractivity contribution is 7.79. The zero-order valence-corrected chi connectivity index (χ0v) is 8.21. The van der Waals surface area contributed by atoms with Gasteiger partial charge in [0.05, 0.1) is 0 Å². The Balaban J connectivity index is 2.85. The van der Waals surface area contributed by atoms with Crippen molar-refractivity contribution in [1.29, 1.82) is 0 Å². The first-order valence-corrected chi connectivity index (χ1v) is 5.16. The van der Waals surface area contributed by atoms with Crippen LogP contribution in [0, 0.1) is 0 Å². The summed E-state index contributed by atoms with van der Waals surface area (Å²) in [6, 6.07) is 7.28. The zero-order chi connectivity index (χ0) is 9.84. The Kier molecular flexibility index (Phi) is 3.59. The predicted octanol–water partition coefficient (Wildman–Crippen LogP) is 1.09. The minimum Gasteiger partial charge on any atom is -0.772 e. The highest BCUT2D eigenvalue weighted by atomic mass is 32.2. The van der Waals surface area contributed by atoms with Crippen LogP contribution in [0.5, 0.6) is 0 Å². The molecule has 2 unspecified atom stereocenters. The molecule has 0 heterocycles. The topological polar surface area (TPSA) is 66.2 Å². The van der Waals surface area contributed by atoms with Gasteiger partial charge in [-0.25, -0.2) is 0 Å². The maximum Gasteiger partial charge on any atom is 0.0436 e. The molecule has 3 nitrogen and oxygen atoms in total. The fourth-order valence-corrected chi connectivity index (χ4v) is 1.42. The highest BCUT2D eigenvalue weighted by Crippen LogP contribution is 2.17. The fraction of sp³-hybridized carbons (Fsp3) is 0.333. The largest absolute Gasteiger partial charge is 0.772 e. The van der Waals surface area contributed by atoms with Gasteiger partial charge < -0.3 is 10.3 Å². The van der Waals surface area contributed by atoms with Crippen LogP contribution in [-0.4, -0.2) is 8.76 Å². The molecule has 1 aromatic rings. The van der Waals surface area contributed by atoms with Crippen molar-refractivity contribution in [3.8, 4) is 0 Å². The van der Waals surface area contributed by atoms with E-state index in [4.69, 9.17) is 5.73 Å². The molecule has 0 fully saturated rings. The monoisotopic (exact) mass is 198 g/mol. The van der Waals surface area contributed by atoms with Crippen molar-refractivity contribution in [2.45, 2.75) is 18.7 Å². The van der Waals surface area contributed by atoms with Crippen molar-refractivity contribution >= 4 is 11.1 Å². The number of rotatable bonds is 3. The molecule has 1 rings (SSSR count). The van der Waals surface area contributed by atoms with Gasteiger partial charge in [0.2, 0.25) is 0 Å². The normalized spacial score (nSPS) is 15.3. The summed E-state index contributed by atoms with van der Waals surface area (Å²) in [5.41, 5.74) is 7.22. The Bertz CT molecular complexity index is 297. The summed E-state index contributed by atoms with van der Waals surface area (Å²) in [4.78, 5) is 0. The van der Waals surface area contributed by atoms with Crippen LogP contribution in [0.1, 0.15) is 23.3 Å². The lowest BCUT2D eigenvalue weighted by Crippen LogP contribution is -2.02. The molecule has 0 aliphatic carbocycles. The van der Waals surface area contributed by atoms with E-state index in [1.165, 1.54) is 0 Å². The van der Waals surface area contributed by atoms with Crippen LogP contribution >= 0.6 is 0 Å². The minimum atomic E-state index is -2.05. The molecule has 0 aliphatic rings. The number of hydrogen-bond donors (Lipinski definition) is 1. The van der Waals surface area contributed by atoms with Crippen LogP contribution < -0.4 is 5.73 Å². The smallest absolute Gasteiger partial charge is 0.0436 e. The highest BCUT2D eigenvalue weighted by Gasteiger charge is 2.04. The lowest BCUT2D eigenvalue weighted by molar-refractivity contribution is 0.527. The Morgan fingerprint density at radius 2 is 2.00 bits per heavy atom. The summed E-state index contributed by atoms with van der Waals surface area (Å²) >= 11 is -2.05. The Labute approximate surface area is 80.2 Å². The molecule has 2 atom stereocenters. The van der Waals surface area contributed by atoms with E-state index in [0.717, 1.165) is 11.1 Å². The first-order chi connectivity index (χ1) is 6.15. The van der Waals surface area contributed by atoms with Gasteiger partial charge in [0.1, 0.15) is 0 Å². The van der Waals surface area contributed by atoms with Crippen LogP contribution in [-0.2, 0) is 17.6 Å². The maximum atomic E-state index is 10.6. The van der Waals surface area contributed by atoms with Crippen molar-refractivity contribution in [2.75, 3.05) is 0 Å². The summed E-state index contributed by atoms with van der Waals surface area (Å²) in [5, 5.41) is -0.452. The van der Waals surface area contributed by atoms with Crippen molar-refractivity contribution < 1.29 is 8.76 Å². The van der Waals surface area contributed by atoms with Crippen molar-refractivity contribution in [2.24, 2.45) is 5.73 Å². The Morgan fingerprint density at radius 1 is 1.46 bits per heavy atom. The molecule has 0 radical (unpaired) electrons. The van der Waals surface area contributed by atoms with Gasteiger partial charge in [0.15, 0.2) is 0 Å². The standard InChI is InChI=1S/C9H13NO2S/c1-7(13(11)12)9-4-2-8(6-10)3-5-9/h2-5,7H,6,10H2,1H3,(H,11,12)/p-1. The molecule has 1 aromatic carbocycles. The van der Waals surface area contributed by atoms with E-state index in [-0.39, 0.29) is 0 Å². The predicted molar refractivity (Wildman–Crippen MR) is 51.7 cm³/mol. The van der Waals surface area contributed by atoms with E-state index in [9.17, 15) is 8.76 Å². The first-order valence-electron chi connectivity index (χ1n) is 4.02. The lowest BCUT2D eigenvalue weighted by atomic mass is 10.1. The van der Waals surface area contributed by atoms with Crippen LogP contribution in [0.3, 0.4) is 0 Å². The van der Waals surface area contributed by atoms with Gasteiger partial charge >= 0.3 is 0 Å². The average Bonchev–Trinajstić information content (AvgIpc) is 2.17. The molecule has 13 heavy (non-hydrogen) atoms. The molecule has 0 spiro atoms. The minimum absolute atomic E-state index is 0.452. The molecule has 0 aliphatic heterocycles. The van der Waals surface area contributed by atoms with E-state index < -0.39 is 16.3 Å². The number of nitrogens with two attached hydrogens (primary N) is 1. The van der Waals surface area contributed by atoms with E-state index in [1.54, 1.807) is 19.1 Å². The molecule has 2 N–H and O–H groups in total. The molecular formula is C9H12NO2S-. The van der Waals surface area contributed by atoms with Gasteiger partial charge in [-0.1, -0.05) is 24.3 Å². The van der Waals surface area contributed by atoms with Gasteiger partial charge in [-0.05, 0) is 29.1 Å². The fourth-order valence-electron chi connectivity index (χ4n) is 1.04. The van der Waals surface area contributed by atoms with Crippen LogP contribution in [0.15, 0.2) is 24.3 Å². The van der Waals surface area contributed by atoms with E-state index in [1.807, 2.05) is 12.1 Å². The second-order valence-electron chi connectivity index (χ2n) is 2.85. The third-order valence-corrected chi connectivity index (χ3v) is 2.82. The Hall–Kier alpha value is -0.710. The second kappa shape index (κ2) is 4.50. The number of hydrogen-bond acceptors (Lipinski definition) is 3. The molecule has 0 bridgehead atoms. The molecule has 4 heteroatoms. The van der Waals surface area contributed by atoms with Gasteiger partial charge in [0.25, 0.3) is 0 Å². The van der Waals surface area contributed by atoms with Crippen molar-refractivity contribution in [3.63, 3.8) is 0 Å². The summed E-state index contributed by atoms with van der Waals surface area (Å²) in [7, 11) is 0. The first kappa shape index (κ1) is 10.4. The summed E-state index contributed by atoms with van der Waals surface area (Å²) in [6.07, 6.45) is 0. The van der Waals surface area contributed by atoms with E-state index in [2.05, 4.69) is 0 Å². The van der Waals surface area contributed by atoms with Crippen LogP contribution in [0.2, 0.25) is 0 Å². The second-order valence-corrected chi connectivity index (χ2v) is 4.08. The van der Waals surface area contributed by atoms with Crippen LogP contribution in [0.25, 0.3) is 0 Å². The van der Waals surface area contributed by atoms with Crippen LogP contribution in [0.4, 0.5) is 0 Å². The van der Waals surface area contributed by atoms with E-state index >= 15 is 0 Å². The van der Waals surface area contributed by atoms with Gasteiger partial charge in [0, 0.05) is 11.8 Å². The van der Waals surface area contributed by atoms with Crippen molar-refractivity contribution in [3.05, 3.63) is 35.4 Å². The SMILES string of the molecule is CC(c1ccc(CN)cc1)S(=O)[O-]. The van der Waals surface area contributed by atoms with Gasteiger partial charge in [-0.15, -0.1) is 0 Å². The average molecular weight is 198 g/mol.